The van der Waals surface area contributed by atoms with Crippen LogP contribution in [0.3, 0.4) is 0 Å². The van der Waals surface area contributed by atoms with Gasteiger partial charge in [0.05, 0.1) is 24.3 Å². The first kappa shape index (κ1) is 7.98. The number of hydrogen-bond acceptors (Lipinski definition) is 3. The number of fused-ring (bicyclic) bond motifs is 1. The standard InChI is InChI=1S/C10H10N2O/c1-7-3-4-8-9(5-7)11-6-10(12-8)13-2/h3-6H,1-2H3. The summed E-state index contributed by atoms with van der Waals surface area (Å²) >= 11 is 0. The average molecular weight is 174 g/mol. The Kier molecular flexibility index (Phi) is 1.85. The van der Waals surface area contributed by atoms with E-state index < -0.39 is 0 Å². The lowest BCUT2D eigenvalue weighted by molar-refractivity contribution is 0.397. The summed E-state index contributed by atoms with van der Waals surface area (Å²) in [6.45, 7) is 2.03. The van der Waals surface area contributed by atoms with Gasteiger partial charge in [-0.2, -0.15) is 0 Å². The largest absolute Gasteiger partial charge is 0.480 e. The Hall–Kier alpha value is -1.64. The fraction of sp³-hybridized carbons (Fsp3) is 0.200. The predicted octanol–water partition coefficient (Wildman–Crippen LogP) is 1.95. The molecule has 0 bridgehead atoms. The zero-order valence-corrected chi connectivity index (χ0v) is 7.61. The molecule has 66 valence electrons. The van der Waals surface area contributed by atoms with Crippen LogP contribution in [0.5, 0.6) is 5.88 Å². The van der Waals surface area contributed by atoms with Crippen LogP contribution in [-0.2, 0) is 0 Å². The topological polar surface area (TPSA) is 35.0 Å². The molecule has 0 aliphatic carbocycles. The highest BCUT2D eigenvalue weighted by Gasteiger charge is 1.98. The van der Waals surface area contributed by atoms with E-state index in [1.165, 1.54) is 5.56 Å². The van der Waals surface area contributed by atoms with E-state index in [1.54, 1.807) is 13.3 Å². The zero-order valence-electron chi connectivity index (χ0n) is 7.61. The van der Waals surface area contributed by atoms with Crippen LogP contribution in [0.15, 0.2) is 24.4 Å². The summed E-state index contributed by atoms with van der Waals surface area (Å²) in [6.07, 6.45) is 1.63. The molecule has 0 saturated carbocycles. The molecule has 0 amide bonds. The van der Waals surface area contributed by atoms with Gasteiger partial charge >= 0.3 is 0 Å². The molecule has 13 heavy (non-hydrogen) atoms. The maximum absolute atomic E-state index is 4.98. The molecule has 0 atom stereocenters. The average Bonchev–Trinajstić information content (AvgIpc) is 2.17. The minimum atomic E-state index is 0.552. The van der Waals surface area contributed by atoms with E-state index in [0.717, 1.165) is 11.0 Å². The molecule has 1 heterocycles. The number of aryl methyl sites for hydroxylation is 1. The normalized spacial score (nSPS) is 10.3. The van der Waals surface area contributed by atoms with Gasteiger partial charge in [-0.1, -0.05) is 6.07 Å². The van der Waals surface area contributed by atoms with Crippen molar-refractivity contribution in [3.05, 3.63) is 30.0 Å². The van der Waals surface area contributed by atoms with E-state index in [4.69, 9.17) is 4.74 Å². The molecule has 0 fully saturated rings. The molecule has 2 rings (SSSR count). The molecule has 0 aliphatic heterocycles. The smallest absolute Gasteiger partial charge is 0.232 e. The van der Waals surface area contributed by atoms with Crippen molar-refractivity contribution in [2.45, 2.75) is 6.92 Å². The van der Waals surface area contributed by atoms with Gasteiger partial charge in [-0.15, -0.1) is 0 Å². The number of rotatable bonds is 1. The summed E-state index contributed by atoms with van der Waals surface area (Å²) in [7, 11) is 1.59. The van der Waals surface area contributed by atoms with Gasteiger partial charge in [0.15, 0.2) is 0 Å². The Bertz CT molecular complexity index is 440. The van der Waals surface area contributed by atoms with Crippen molar-refractivity contribution in [3.63, 3.8) is 0 Å². The maximum Gasteiger partial charge on any atom is 0.232 e. The van der Waals surface area contributed by atoms with Gasteiger partial charge in [-0.3, -0.25) is 0 Å². The number of nitrogens with zero attached hydrogens (tertiary/aromatic N) is 2. The molecule has 2 aromatic rings. The number of hydrogen-bond donors (Lipinski definition) is 0. The fourth-order valence-electron chi connectivity index (χ4n) is 1.20. The van der Waals surface area contributed by atoms with Crippen molar-refractivity contribution in [2.75, 3.05) is 7.11 Å². The molecular formula is C10H10N2O. The van der Waals surface area contributed by atoms with Gasteiger partial charge in [-0.25, -0.2) is 9.97 Å². The fourth-order valence-corrected chi connectivity index (χ4v) is 1.20. The Balaban J connectivity index is 2.66. The summed E-state index contributed by atoms with van der Waals surface area (Å²) in [6, 6.07) is 5.96. The molecule has 0 saturated heterocycles. The lowest BCUT2D eigenvalue weighted by Crippen LogP contribution is -1.90. The van der Waals surface area contributed by atoms with Crippen LogP contribution in [0.25, 0.3) is 11.0 Å². The van der Waals surface area contributed by atoms with Gasteiger partial charge < -0.3 is 4.74 Å². The number of benzene rings is 1. The van der Waals surface area contributed by atoms with Crippen molar-refractivity contribution in [3.8, 4) is 5.88 Å². The third-order valence-electron chi connectivity index (χ3n) is 1.88. The number of ether oxygens (including phenoxy) is 1. The van der Waals surface area contributed by atoms with E-state index in [0.29, 0.717) is 5.88 Å². The highest BCUT2D eigenvalue weighted by atomic mass is 16.5. The SMILES string of the molecule is COc1cnc2cc(C)ccc2n1. The van der Waals surface area contributed by atoms with Crippen LogP contribution in [0.4, 0.5) is 0 Å². The van der Waals surface area contributed by atoms with Gasteiger partial charge in [-0.05, 0) is 24.6 Å². The minimum absolute atomic E-state index is 0.552. The van der Waals surface area contributed by atoms with Crippen molar-refractivity contribution in [2.24, 2.45) is 0 Å². The summed E-state index contributed by atoms with van der Waals surface area (Å²) < 4.78 is 4.98. The predicted molar refractivity (Wildman–Crippen MR) is 50.8 cm³/mol. The van der Waals surface area contributed by atoms with Crippen LogP contribution in [-0.4, -0.2) is 17.1 Å². The first-order valence-corrected chi connectivity index (χ1v) is 4.07. The van der Waals surface area contributed by atoms with Gasteiger partial charge in [0.2, 0.25) is 5.88 Å². The first-order chi connectivity index (χ1) is 6.29. The van der Waals surface area contributed by atoms with E-state index in [1.807, 2.05) is 25.1 Å². The van der Waals surface area contributed by atoms with Crippen molar-refractivity contribution in [1.29, 1.82) is 0 Å². The molecule has 1 aromatic carbocycles. The Labute approximate surface area is 76.4 Å². The second-order valence-electron chi connectivity index (χ2n) is 2.90. The van der Waals surface area contributed by atoms with E-state index in [2.05, 4.69) is 9.97 Å². The van der Waals surface area contributed by atoms with Crippen molar-refractivity contribution in [1.82, 2.24) is 9.97 Å². The van der Waals surface area contributed by atoms with Gasteiger partial charge in [0.25, 0.3) is 0 Å². The molecular weight excluding hydrogens is 164 g/mol. The number of aromatic nitrogens is 2. The Morgan fingerprint density at radius 3 is 2.85 bits per heavy atom. The number of methoxy groups -OCH3 is 1. The van der Waals surface area contributed by atoms with Crippen LogP contribution < -0.4 is 4.74 Å². The summed E-state index contributed by atoms with van der Waals surface area (Å²) in [5, 5.41) is 0. The van der Waals surface area contributed by atoms with Crippen molar-refractivity contribution >= 4 is 11.0 Å². The third-order valence-corrected chi connectivity index (χ3v) is 1.88. The van der Waals surface area contributed by atoms with Crippen molar-refractivity contribution < 1.29 is 4.74 Å². The molecule has 0 N–H and O–H groups in total. The quantitative estimate of drug-likeness (QED) is 0.662. The van der Waals surface area contributed by atoms with E-state index in [-0.39, 0.29) is 0 Å². The second kappa shape index (κ2) is 3.01. The van der Waals surface area contributed by atoms with Crippen LogP contribution >= 0.6 is 0 Å². The van der Waals surface area contributed by atoms with Crippen LogP contribution in [0, 0.1) is 6.92 Å². The minimum Gasteiger partial charge on any atom is -0.480 e. The molecule has 3 nitrogen and oxygen atoms in total. The molecule has 0 aliphatic rings. The molecule has 3 heteroatoms. The summed E-state index contributed by atoms with van der Waals surface area (Å²) in [5.74, 6) is 0.552. The highest BCUT2D eigenvalue weighted by molar-refractivity contribution is 5.75. The Morgan fingerprint density at radius 2 is 2.08 bits per heavy atom. The Morgan fingerprint density at radius 1 is 1.23 bits per heavy atom. The molecule has 0 unspecified atom stereocenters. The first-order valence-electron chi connectivity index (χ1n) is 4.07. The lowest BCUT2D eigenvalue weighted by atomic mass is 10.2. The van der Waals surface area contributed by atoms with Gasteiger partial charge in [0.1, 0.15) is 0 Å². The molecule has 0 spiro atoms. The monoisotopic (exact) mass is 174 g/mol. The summed E-state index contributed by atoms with van der Waals surface area (Å²) in [5.41, 5.74) is 2.96. The molecule has 0 radical (unpaired) electrons. The van der Waals surface area contributed by atoms with E-state index in [9.17, 15) is 0 Å². The third kappa shape index (κ3) is 1.45. The molecule has 1 aromatic heterocycles. The highest BCUT2D eigenvalue weighted by Crippen LogP contribution is 2.14. The van der Waals surface area contributed by atoms with Gasteiger partial charge in [0, 0.05) is 0 Å². The van der Waals surface area contributed by atoms with E-state index >= 15 is 0 Å². The summed E-state index contributed by atoms with van der Waals surface area (Å²) in [4.78, 5) is 8.48. The van der Waals surface area contributed by atoms with Crippen LogP contribution in [0.1, 0.15) is 5.56 Å². The second-order valence-corrected chi connectivity index (χ2v) is 2.90. The maximum atomic E-state index is 4.98. The van der Waals surface area contributed by atoms with Crippen LogP contribution in [0.2, 0.25) is 0 Å². The zero-order chi connectivity index (χ0) is 9.26. The lowest BCUT2D eigenvalue weighted by Gasteiger charge is -2.00.